The number of nitrogens with one attached hydrogen (secondary N) is 2. The summed E-state index contributed by atoms with van der Waals surface area (Å²) in [5.41, 5.74) is 1.94. The molecule has 0 atom stereocenters. The molecule has 0 unspecified atom stereocenters. The van der Waals surface area contributed by atoms with Gasteiger partial charge in [0.05, 0.1) is 18.6 Å². The second-order valence-corrected chi connectivity index (χ2v) is 11.0. The van der Waals surface area contributed by atoms with Crippen molar-refractivity contribution in [2.24, 2.45) is 0 Å². The summed E-state index contributed by atoms with van der Waals surface area (Å²) in [6.45, 7) is 1.11. The molecule has 0 bridgehead atoms. The Morgan fingerprint density at radius 2 is 1.73 bits per heavy atom. The van der Waals surface area contributed by atoms with Crippen molar-refractivity contribution in [3.05, 3.63) is 47.3 Å². The number of sulfonamides is 1. The van der Waals surface area contributed by atoms with E-state index in [1.807, 2.05) is 0 Å². The van der Waals surface area contributed by atoms with Crippen LogP contribution in [0.1, 0.15) is 53.7 Å². The maximum atomic E-state index is 13.9. The Bertz CT molecular complexity index is 1230. The molecular weight excluding hydrogens is 496 g/mol. The number of hydrogen-bond acceptors (Lipinski definition) is 7. The number of methoxy groups -OCH3 is 1. The van der Waals surface area contributed by atoms with Gasteiger partial charge in [-0.1, -0.05) is 0 Å². The van der Waals surface area contributed by atoms with E-state index in [2.05, 4.69) is 15.6 Å². The van der Waals surface area contributed by atoms with E-state index >= 15 is 0 Å². The molecule has 0 fully saturated rings. The van der Waals surface area contributed by atoms with Gasteiger partial charge in [0.1, 0.15) is 12.4 Å². The number of rotatable bonds is 3. The van der Waals surface area contributed by atoms with Crippen LogP contribution in [0.2, 0.25) is 0 Å². The monoisotopic (exact) mass is 530 g/mol. The highest BCUT2D eigenvalue weighted by atomic mass is 32.2. The zero-order valence-corrected chi connectivity index (χ0v) is 21.9. The summed E-state index contributed by atoms with van der Waals surface area (Å²) >= 11 is 0. The van der Waals surface area contributed by atoms with Crippen LogP contribution in [-0.4, -0.2) is 69.4 Å². The lowest BCUT2D eigenvalue weighted by Crippen LogP contribution is -2.37. The first-order valence-electron chi connectivity index (χ1n) is 12.7. The lowest BCUT2D eigenvalue weighted by Gasteiger charge is -2.27. The summed E-state index contributed by atoms with van der Waals surface area (Å²) in [4.78, 5) is 29.5. The minimum atomic E-state index is -3.83. The Labute approximate surface area is 217 Å². The molecule has 0 saturated heterocycles. The van der Waals surface area contributed by atoms with Crippen molar-refractivity contribution in [3.8, 4) is 11.5 Å². The number of amides is 2. The van der Waals surface area contributed by atoms with E-state index in [0.29, 0.717) is 29.9 Å². The second kappa shape index (κ2) is 12.4. The summed E-state index contributed by atoms with van der Waals surface area (Å²) in [5, 5.41) is 5.59. The van der Waals surface area contributed by atoms with Crippen LogP contribution >= 0.6 is 0 Å². The highest BCUT2D eigenvalue weighted by Gasteiger charge is 2.30. The summed E-state index contributed by atoms with van der Waals surface area (Å²) < 4.78 is 40.3. The number of fused-ring (bicyclic) bond motifs is 2. The average molecular weight is 531 g/mol. The first-order valence-corrected chi connectivity index (χ1v) is 14.2. The van der Waals surface area contributed by atoms with Crippen LogP contribution in [0.15, 0.2) is 35.4 Å². The van der Waals surface area contributed by atoms with Crippen molar-refractivity contribution in [1.82, 2.24) is 19.9 Å². The van der Waals surface area contributed by atoms with Crippen LogP contribution in [0.4, 0.5) is 0 Å². The van der Waals surface area contributed by atoms with Crippen LogP contribution in [0.25, 0.3) is 0 Å². The van der Waals surface area contributed by atoms with Crippen LogP contribution in [0, 0.1) is 0 Å². The first-order chi connectivity index (χ1) is 17.9. The third-order valence-electron chi connectivity index (χ3n) is 6.64. The number of hydrogen-bond donors (Lipinski definition) is 2. The Morgan fingerprint density at radius 1 is 0.946 bits per heavy atom. The quantitative estimate of drug-likeness (QED) is 0.622. The van der Waals surface area contributed by atoms with E-state index in [1.165, 1.54) is 10.5 Å². The van der Waals surface area contributed by atoms with Gasteiger partial charge < -0.3 is 20.1 Å². The standard InChI is InChI=1S/C26H34N4O6S/c1-35-21-11-12-23(20-8-3-2-7-19(20)21)37(33,34)30-16-5-10-24(31)27-15-18-36-22-9-4-13-28-25(22)26(32)29-14-6-17-30/h4,9,11-13H,2-3,5-8,10,14-18H2,1H3,(H,27,31)(H,29,32). The van der Waals surface area contributed by atoms with Crippen molar-refractivity contribution in [3.63, 3.8) is 0 Å². The third-order valence-corrected chi connectivity index (χ3v) is 8.62. The van der Waals surface area contributed by atoms with Crippen LogP contribution in [0.5, 0.6) is 11.5 Å². The van der Waals surface area contributed by atoms with Gasteiger partial charge in [-0.3, -0.25) is 9.59 Å². The Kier molecular flexibility index (Phi) is 8.99. The average Bonchev–Trinajstić information content (AvgIpc) is 2.91. The van der Waals surface area contributed by atoms with Gasteiger partial charge in [-0.05, 0) is 73.9 Å². The van der Waals surface area contributed by atoms with E-state index in [9.17, 15) is 18.0 Å². The molecule has 1 aromatic carbocycles. The molecule has 1 aliphatic carbocycles. The van der Waals surface area contributed by atoms with Gasteiger partial charge in [0.2, 0.25) is 15.9 Å². The van der Waals surface area contributed by atoms with Gasteiger partial charge in [-0.25, -0.2) is 13.4 Å². The molecule has 2 N–H and O–H groups in total. The minimum absolute atomic E-state index is 0.148. The molecule has 2 amide bonds. The maximum absolute atomic E-state index is 13.9. The van der Waals surface area contributed by atoms with Gasteiger partial charge in [0, 0.05) is 32.3 Å². The van der Waals surface area contributed by atoms with Gasteiger partial charge >= 0.3 is 0 Å². The molecule has 10 nitrogen and oxygen atoms in total. The van der Waals surface area contributed by atoms with Crippen LogP contribution in [-0.2, 0) is 27.7 Å². The number of aromatic nitrogens is 1. The molecule has 0 spiro atoms. The molecule has 1 aromatic heterocycles. The maximum Gasteiger partial charge on any atom is 0.273 e. The third kappa shape index (κ3) is 6.40. The number of carbonyl (C=O) groups is 2. The fourth-order valence-corrected chi connectivity index (χ4v) is 6.59. The second-order valence-electron chi connectivity index (χ2n) is 9.10. The minimum Gasteiger partial charge on any atom is -0.496 e. The highest BCUT2D eigenvalue weighted by molar-refractivity contribution is 7.89. The SMILES string of the molecule is COc1ccc(S(=O)(=O)N2CCCNC(=O)c3ncccc3OCCNC(=O)CCC2)c2c1CCCC2. The molecule has 4 rings (SSSR count). The molecule has 2 aromatic rings. The van der Waals surface area contributed by atoms with Crippen molar-refractivity contribution in [1.29, 1.82) is 0 Å². The summed E-state index contributed by atoms with van der Waals surface area (Å²) in [5.74, 6) is 0.470. The van der Waals surface area contributed by atoms with Gasteiger partial charge in [0.15, 0.2) is 11.4 Å². The Hall–Kier alpha value is -3.18. The summed E-state index contributed by atoms with van der Waals surface area (Å²) in [6, 6.07) is 6.68. The van der Waals surface area contributed by atoms with Crippen molar-refractivity contribution < 1.29 is 27.5 Å². The topological polar surface area (TPSA) is 127 Å². The number of carbonyl (C=O) groups excluding carboxylic acids is 2. The highest BCUT2D eigenvalue weighted by Crippen LogP contribution is 2.35. The molecule has 200 valence electrons. The fourth-order valence-electron chi connectivity index (χ4n) is 4.80. The number of ether oxygens (including phenoxy) is 2. The number of nitrogens with zero attached hydrogens (tertiary/aromatic N) is 2. The lowest BCUT2D eigenvalue weighted by atomic mass is 9.91. The van der Waals surface area contributed by atoms with Crippen LogP contribution < -0.4 is 20.1 Å². The van der Waals surface area contributed by atoms with Crippen molar-refractivity contribution in [2.45, 2.75) is 49.8 Å². The zero-order valence-electron chi connectivity index (χ0n) is 21.1. The van der Waals surface area contributed by atoms with Crippen LogP contribution in [0.3, 0.4) is 0 Å². The zero-order chi connectivity index (χ0) is 26.3. The van der Waals surface area contributed by atoms with Gasteiger partial charge in [-0.2, -0.15) is 4.31 Å². The van der Waals surface area contributed by atoms with E-state index in [-0.39, 0.29) is 50.8 Å². The summed E-state index contributed by atoms with van der Waals surface area (Å²) in [6.07, 6.45) is 5.87. The van der Waals surface area contributed by atoms with Crippen molar-refractivity contribution >= 4 is 21.8 Å². The summed E-state index contributed by atoms with van der Waals surface area (Å²) in [7, 11) is -2.22. The molecule has 2 aliphatic rings. The smallest absolute Gasteiger partial charge is 0.273 e. The number of benzene rings is 1. The van der Waals surface area contributed by atoms with Crippen molar-refractivity contribution in [2.75, 3.05) is 39.9 Å². The molecule has 2 heterocycles. The number of pyridine rings is 1. The predicted molar refractivity (Wildman–Crippen MR) is 137 cm³/mol. The van der Waals surface area contributed by atoms with E-state index in [4.69, 9.17) is 9.47 Å². The molecule has 11 heteroatoms. The normalized spacial score (nSPS) is 18.5. The molecule has 37 heavy (non-hydrogen) atoms. The lowest BCUT2D eigenvalue weighted by molar-refractivity contribution is -0.121. The van der Waals surface area contributed by atoms with E-state index in [0.717, 1.165) is 36.1 Å². The van der Waals surface area contributed by atoms with E-state index in [1.54, 1.807) is 31.4 Å². The van der Waals surface area contributed by atoms with Gasteiger partial charge in [0.25, 0.3) is 5.91 Å². The first kappa shape index (κ1) is 26.9. The predicted octanol–water partition coefficient (Wildman–Crippen LogP) is 2.07. The van der Waals surface area contributed by atoms with E-state index < -0.39 is 15.9 Å². The molecule has 1 aliphatic heterocycles. The molecule has 0 radical (unpaired) electrons. The fraction of sp³-hybridized carbons (Fsp3) is 0.500. The molecule has 0 saturated carbocycles. The largest absolute Gasteiger partial charge is 0.496 e. The Morgan fingerprint density at radius 3 is 2.54 bits per heavy atom. The Balaban J connectivity index is 1.56. The molecular formula is C26H34N4O6S. The van der Waals surface area contributed by atoms with Gasteiger partial charge in [-0.15, -0.1) is 0 Å².